The Kier molecular flexibility index (Phi) is 4.97. The van der Waals surface area contributed by atoms with E-state index in [0.717, 1.165) is 5.69 Å². The smallest absolute Gasteiger partial charge is 0.170 e. The monoisotopic (exact) mass is 278 g/mol. The number of aromatic nitrogens is 2. The van der Waals surface area contributed by atoms with Crippen LogP contribution in [0.2, 0.25) is 0 Å². The van der Waals surface area contributed by atoms with E-state index in [4.69, 9.17) is 4.74 Å². The number of carbonyl (C=O) groups is 1. The van der Waals surface area contributed by atoms with Crippen LogP contribution in [0, 0.1) is 0 Å². The normalized spacial score (nSPS) is 19.1. The molecule has 1 aromatic rings. The third-order valence-corrected chi connectivity index (χ3v) is 4.43. The van der Waals surface area contributed by atoms with E-state index in [1.54, 1.807) is 0 Å². The minimum atomic E-state index is -0.675. The lowest BCUT2D eigenvalue weighted by Crippen LogP contribution is -2.39. The summed E-state index contributed by atoms with van der Waals surface area (Å²) in [5.41, 5.74) is 0.188. The Balaban J connectivity index is 2.00. The zero-order valence-corrected chi connectivity index (χ0v) is 12.9. The topological polar surface area (TPSA) is 44.1 Å². The second-order valence-electron chi connectivity index (χ2n) is 5.84. The maximum atomic E-state index is 12.4. The van der Waals surface area contributed by atoms with Gasteiger partial charge in [0.05, 0.1) is 18.2 Å². The Morgan fingerprint density at radius 3 is 2.75 bits per heavy atom. The van der Waals surface area contributed by atoms with E-state index in [2.05, 4.69) is 5.10 Å². The SMILES string of the molecule is CCOC(C)(CC)C(=O)Cc1ccn(C2CCCC2)n1. The van der Waals surface area contributed by atoms with Crippen LogP contribution in [0.3, 0.4) is 0 Å². The Morgan fingerprint density at radius 2 is 2.15 bits per heavy atom. The highest BCUT2D eigenvalue weighted by molar-refractivity contribution is 5.88. The molecule has 0 bridgehead atoms. The van der Waals surface area contributed by atoms with Crippen LogP contribution in [0.25, 0.3) is 0 Å². The Hall–Kier alpha value is -1.16. The number of hydrogen-bond acceptors (Lipinski definition) is 3. The predicted molar refractivity (Wildman–Crippen MR) is 78.8 cm³/mol. The van der Waals surface area contributed by atoms with Crippen LogP contribution in [0.4, 0.5) is 0 Å². The van der Waals surface area contributed by atoms with Gasteiger partial charge in [-0.25, -0.2) is 0 Å². The van der Waals surface area contributed by atoms with Crippen molar-refractivity contribution in [1.29, 1.82) is 0 Å². The number of hydrogen-bond donors (Lipinski definition) is 0. The molecule has 1 saturated carbocycles. The molecule has 0 amide bonds. The van der Waals surface area contributed by atoms with Gasteiger partial charge in [0.25, 0.3) is 0 Å². The van der Waals surface area contributed by atoms with Gasteiger partial charge >= 0.3 is 0 Å². The third kappa shape index (κ3) is 3.29. The number of ketones is 1. The molecule has 20 heavy (non-hydrogen) atoms. The van der Waals surface area contributed by atoms with Gasteiger partial charge < -0.3 is 4.74 Å². The van der Waals surface area contributed by atoms with Gasteiger partial charge in [-0.15, -0.1) is 0 Å². The van der Waals surface area contributed by atoms with Gasteiger partial charge in [-0.2, -0.15) is 5.10 Å². The first-order valence-electron chi connectivity index (χ1n) is 7.80. The Labute approximate surface area is 121 Å². The van der Waals surface area contributed by atoms with Crippen molar-refractivity contribution in [2.45, 2.75) is 70.9 Å². The van der Waals surface area contributed by atoms with Crippen LogP contribution in [-0.4, -0.2) is 27.8 Å². The zero-order valence-electron chi connectivity index (χ0n) is 12.9. The highest BCUT2D eigenvalue weighted by Crippen LogP contribution is 2.29. The molecular weight excluding hydrogens is 252 g/mol. The predicted octanol–water partition coefficient (Wildman–Crippen LogP) is 3.32. The average Bonchev–Trinajstić information content (AvgIpc) is 3.08. The lowest BCUT2D eigenvalue weighted by Gasteiger charge is -2.26. The summed E-state index contributed by atoms with van der Waals surface area (Å²) in [4.78, 5) is 12.4. The second-order valence-corrected chi connectivity index (χ2v) is 5.84. The van der Waals surface area contributed by atoms with Crippen molar-refractivity contribution in [3.8, 4) is 0 Å². The molecule has 1 fully saturated rings. The van der Waals surface area contributed by atoms with Crippen molar-refractivity contribution in [3.05, 3.63) is 18.0 Å². The van der Waals surface area contributed by atoms with Crippen molar-refractivity contribution >= 4 is 5.78 Å². The first-order chi connectivity index (χ1) is 9.59. The third-order valence-electron chi connectivity index (χ3n) is 4.43. The summed E-state index contributed by atoms with van der Waals surface area (Å²) in [6, 6.07) is 2.50. The van der Waals surface area contributed by atoms with Gasteiger partial charge in [0.15, 0.2) is 5.78 Å². The van der Waals surface area contributed by atoms with E-state index < -0.39 is 5.60 Å². The number of rotatable bonds is 7. The summed E-state index contributed by atoms with van der Waals surface area (Å²) in [7, 11) is 0. The fourth-order valence-corrected chi connectivity index (χ4v) is 2.89. The maximum absolute atomic E-state index is 12.4. The zero-order chi connectivity index (χ0) is 14.6. The van der Waals surface area contributed by atoms with Gasteiger partial charge in [-0.3, -0.25) is 9.48 Å². The molecule has 0 radical (unpaired) electrons. The van der Waals surface area contributed by atoms with E-state index in [-0.39, 0.29) is 5.78 Å². The summed E-state index contributed by atoms with van der Waals surface area (Å²) in [6.45, 7) is 6.36. The summed E-state index contributed by atoms with van der Waals surface area (Å²) in [6.07, 6.45) is 8.07. The molecule has 1 aromatic heterocycles. The molecule has 0 N–H and O–H groups in total. The van der Waals surface area contributed by atoms with Crippen LogP contribution >= 0.6 is 0 Å². The number of ether oxygens (including phenoxy) is 1. The molecule has 0 aliphatic heterocycles. The molecule has 4 heteroatoms. The molecule has 1 unspecified atom stereocenters. The molecular formula is C16H26N2O2. The van der Waals surface area contributed by atoms with E-state index in [1.165, 1.54) is 25.7 Å². The standard InChI is InChI=1S/C16H26N2O2/c1-4-16(3,20-5-2)15(19)12-13-10-11-18(17-13)14-8-6-7-9-14/h10-11,14H,4-9,12H2,1-3H3. The van der Waals surface area contributed by atoms with Crippen LogP contribution in [0.15, 0.2) is 12.3 Å². The molecule has 1 aliphatic carbocycles. The van der Waals surface area contributed by atoms with E-state index in [0.29, 0.717) is 25.5 Å². The first-order valence-corrected chi connectivity index (χ1v) is 7.80. The number of Topliss-reactive ketones (excluding diaryl/α,β-unsaturated/α-hetero) is 1. The van der Waals surface area contributed by atoms with Crippen LogP contribution in [0.5, 0.6) is 0 Å². The molecule has 112 valence electrons. The number of carbonyl (C=O) groups excluding carboxylic acids is 1. The van der Waals surface area contributed by atoms with Crippen LogP contribution in [-0.2, 0) is 16.0 Å². The van der Waals surface area contributed by atoms with Gasteiger partial charge in [0.2, 0.25) is 0 Å². The lowest BCUT2D eigenvalue weighted by atomic mass is 9.94. The second kappa shape index (κ2) is 6.53. The van der Waals surface area contributed by atoms with Gasteiger partial charge in [0.1, 0.15) is 5.60 Å². The fourth-order valence-electron chi connectivity index (χ4n) is 2.89. The maximum Gasteiger partial charge on any atom is 0.170 e. The van der Waals surface area contributed by atoms with E-state index >= 15 is 0 Å². The summed E-state index contributed by atoms with van der Waals surface area (Å²) in [5.74, 6) is 0.124. The number of nitrogens with zero attached hydrogens (tertiary/aromatic N) is 2. The Morgan fingerprint density at radius 1 is 1.45 bits per heavy atom. The summed E-state index contributed by atoms with van der Waals surface area (Å²) < 4.78 is 7.68. The van der Waals surface area contributed by atoms with Crippen molar-refractivity contribution < 1.29 is 9.53 Å². The van der Waals surface area contributed by atoms with Crippen LogP contribution in [0.1, 0.15) is 64.6 Å². The lowest BCUT2D eigenvalue weighted by molar-refractivity contribution is -0.141. The molecule has 0 aromatic carbocycles. The average molecular weight is 278 g/mol. The van der Waals surface area contributed by atoms with Crippen molar-refractivity contribution in [1.82, 2.24) is 9.78 Å². The Bertz CT molecular complexity index is 449. The molecule has 1 aliphatic rings. The quantitative estimate of drug-likeness (QED) is 0.768. The van der Waals surface area contributed by atoms with Gasteiger partial charge in [-0.1, -0.05) is 19.8 Å². The molecule has 2 rings (SSSR count). The molecule has 4 nitrogen and oxygen atoms in total. The highest BCUT2D eigenvalue weighted by atomic mass is 16.5. The molecule has 1 atom stereocenters. The van der Waals surface area contributed by atoms with Crippen molar-refractivity contribution in [2.75, 3.05) is 6.61 Å². The van der Waals surface area contributed by atoms with E-state index in [9.17, 15) is 4.79 Å². The van der Waals surface area contributed by atoms with Crippen molar-refractivity contribution in [3.63, 3.8) is 0 Å². The van der Waals surface area contributed by atoms with Gasteiger partial charge in [-0.05, 0) is 39.2 Å². The first kappa shape index (κ1) is 15.2. The molecule has 0 spiro atoms. The largest absolute Gasteiger partial charge is 0.368 e. The minimum absolute atomic E-state index is 0.124. The van der Waals surface area contributed by atoms with Crippen LogP contribution < -0.4 is 0 Å². The van der Waals surface area contributed by atoms with Gasteiger partial charge in [0, 0.05) is 12.8 Å². The summed E-state index contributed by atoms with van der Waals surface area (Å²) in [5, 5.41) is 4.58. The molecule has 1 heterocycles. The fraction of sp³-hybridized carbons (Fsp3) is 0.750. The molecule has 0 saturated heterocycles. The van der Waals surface area contributed by atoms with Crippen molar-refractivity contribution in [2.24, 2.45) is 0 Å². The highest BCUT2D eigenvalue weighted by Gasteiger charge is 2.32. The van der Waals surface area contributed by atoms with E-state index in [1.807, 2.05) is 37.7 Å². The summed E-state index contributed by atoms with van der Waals surface area (Å²) >= 11 is 0. The minimum Gasteiger partial charge on any atom is -0.368 e.